The quantitative estimate of drug-likeness (QED) is 0.355. The molecular weight excluding hydrogens is 375 g/mol. The van der Waals surface area contributed by atoms with Gasteiger partial charge in [0.05, 0.1) is 18.8 Å². The summed E-state index contributed by atoms with van der Waals surface area (Å²) in [5.74, 6) is -0.311. The van der Waals surface area contributed by atoms with Gasteiger partial charge in [-0.3, -0.25) is 0 Å². The number of esters is 1. The van der Waals surface area contributed by atoms with E-state index in [1.165, 1.54) is 21.6 Å². The number of nitrogens with zero attached hydrogens (tertiary/aromatic N) is 6. The van der Waals surface area contributed by atoms with Crippen LogP contribution in [-0.2, 0) is 11.3 Å². The minimum absolute atomic E-state index is 0.180. The average Bonchev–Trinajstić information content (AvgIpc) is 3.42. The predicted molar refractivity (Wildman–Crippen MR) is 102 cm³/mol. The first-order chi connectivity index (χ1) is 14.2. The van der Waals surface area contributed by atoms with Crippen molar-refractivity contribution in [1.29, 1.82) is 0 Å². The van der Waals surface area contributed by atoms with Crippen LogP contribution in [0.5, 0.6) is 0 Å². The standard InChI is InChI=1S/C20H17FN6O2/c21-16-7-9-17(10-8-16)26-13-11-18(23-26)20(28)29-14-4-12-27-24-19(22-25-27)15-5-2-1-3-6-15/h1-3,5-11,13H,4,12,14H2. The number of rotatable bonds is 7. The summed E-state index contributed by atoms with van der Waals surface area (Å²) in [5.41, 5.74) is 1.72. The normalized spacial score (nSPS) is 10.8. The van der Waals surface area contributed by atoms with Crippen molar-refractivity contribution in [1.82, 2.24) is 30.0 Å². The molecule has 0 amide bonds. The van der Waals surface area contributed by atoms with Crippen molar-refractivity contribution < 1.29 is 13.9 Å². The molecule has 0 atom stereocenters. The minimum atomic E-state index is -0.526. The maximum Gasteiger partial charge on any atom is 0.358 e. The Morgan fingerprint density at radius 1 is 1.00 bits per heavy atom. The van der Waals surface area contributed by atoms with Crippen molar-refractivity contribution in [2.45, 2.75) is 13.0 Å². The highest BCUT2D eigenvalue weighted by molar-refractivity contribution is 5.87. The average molecular weight is 392 g/mol. The van der Waals surface area contributed by atoms with E-state index in [0.29, 0.717) is 24.5 Å². The summed E-state index contributed by atoms with van der Waals surface area (Å²) in [7, 11) is 0. The molecule has 0 fully saturated rings. The molecule has 0 aliphatic heterocycles. The van der Waals surface area contributed by atoms with Gasteiger partial charge in [0.2, 0.25) is 5.82 Å². The van der Waals surface area contributed by atoms with Crippen molar-refractivity contribution in [3.63, 3.8) is 0 Å². The van der Waals surface area contributed by atoms with Crippen LogP contribution < -0.4 is 0 Å². The lowest BCUT2D eigenvalue weighted by atomic mass is 10.2. The summed E-state index contributed by atoms with van der Waals surface area (Å²) < 4.78 is 19.7. The van der Waals surface area contributed by atoms with Crippen LogP contribution in [0.4, 0.5) is 4.39 Å². The Morgan fingerprint density at radius 3 is 2.59 bits per heavy atom. The zero-order chi connectivity index (χ0) is 20.1. The van der Waals surface area contributed by atoms with Crippen LogP contribution in [0.1, 0.15) is 16.9 Å². The highest BCUT2D eigenvalue weighted by Crippen LogP contribution is 2.12. The molecule has 2 aromatic carbocycles. The summed E-state index contributed by atoms with van der Waals surface area (Å²) in [6.07, 6.45) is 2.16. The van der Waals surface area contributed by atoms with Gasteiger partial charge in [-0.15, -0.1) is 10.2 Å². The smallest absolute Gasteiger partial charge is 0.358 e. The maximum atomic E-state index is 13.0. The molecule has 0 N–H and O–H groups in total. The van der Waals surface area contributed by atoms with Crippen molar-refractivity contribution >= 4 is 5.97 Å². The van der Waals surface area contributed by atoms with Gasteiger partial charge in [0.25, 0.3) is 0 Å². The largest absolute Gasteiger partial charge is 0.461 e. The highest BCUT2D eigenvalue weighted by Gasteiger charge is 2.12. The van der Waals surface area contributed by atoms with Gasteiger partial charge in [-0.2, -0.15) is 9.90 Å². The van der Waals surface area contributed by atoms with Crippen molar-refractivity contribution in [3.05, 3.63) is 78.4 Å². The molecule has 2 heterocycles. The van der Waals surface area contributed by atoms with Crippen LogP contribution in [0, 0.1) is 5.82 Å². The first-order valence-corrected chi connectivity index (χ1v) is 9.01. The van der Waals surface area contributed by atoms with E-state index in [4.69, 9.17) is 4.74 Å². The van der Waals surface area contributed by atoms with E-state index < -0.39 is 5.97 Å². The van der Waals surface area contributed by atoms with Crippen LogP contribution in [-0.4, -0.2) is 42.6 Å². The molecular formula is C20H17FN6O2. The van der Waals surface area contributed by atoms with Crippen molar-refractivity contribution in [3.8, 4) is 17.1 Å². The molecule has 2 aromatic heterocycles. The summed E-state index contributed by atoms with van der Waals surface area (Å²) in [6, 6.07) is 16.9. The summed E-state index contributed by atoms with van der Waals surface area (Å²) in [6.45, 7) is 0.668. The molecule has 0 aliphatic rings. The number of carbonyl (C=O) groups excluding carboxylic acids is 1. The summed E-state index contributed by atoms with van der Waals surface area (Å²) >= 11 is 0. The van der Waals surface area contributed by atoms with E-state index in [-0.39, 0.29) is 18.1 Å². The van der Waals surface area contributed by atoms with Crippen LogP contribution in [0.2, 0.25) is 0 Å². The second-order valence-electron chi connectivity index (χ2n) is 6.19. The molecule has 0 saturated carbocycles. The Labute approximate surface area is 165 Å². The molecule has 0 unspecified atom stereocenters. The van der Waals surface area contributed by atoms with Crippen LogP contribution >= 0.6 is 0 Å². The van der Waals surface area contributed by atoms with Gasteiger partial charge in [0, 0.05) is 18.2 Å². The SMILES string of the molecule is O=C(OCCCn1nnc(-c2ccccc2)n1)c1ccn(-c2ccc(F)cc2)n1. The lowest BCUT2D eigenvalue weighted by Crippen LogP contribution is -2.11. The highest BCUT2D eigenvalue weighted by atomic mass is 19.1. The molecule has 0 aliphatic carbocycles. The molecule has 0 radical (unpaired) electrons. The topological polar surface area (TPSA) is 87.7 Å². The number of hydrogen-bond acceptors (Lipinski definition) is 6. The Bertz CT molecular complexity index is 1090. The van der Waals surface area contributed by atoms with E-state index in [0.717, 1.165) is 5.56 Å². The number of aryl methyl sites for hydroxylation is 1. The Hall–Kier alpha value is -3.88. The predicted octanol–water partition coefficient (Wildman–Crippen LogP) is 2.91. The number of carbonyl (C=O) groups is 1. The minimum Gasteiger partial charge on any atom is -0.461 e. The zero-order valence-electron chi connectivity index (χ0n) is 15.3. The van der Waals surface area contributed by atoms with Crippen molar-refractivity contribution in [2.75, 3.05) is 6.61 Å². The number of benzene rings is 2. The second-order valence-corrected chi connectivity index (χ2v) is 6.19. The number of tetrazole rings is 1. The first-order valence-electron chi connectivity index (χ1n) is 9.01. The van der Waals surface area contributed by atoms with Crippen LogP contribution in [0.15, 0.2) is 66.9 Å². The second kappa shape index (κ2) is 8.42. The van der Waals surface area contributed by atoms with Gasteiger partial charge < -0.3 is 4.74 Å². The first kappa shape index (κ1) is 18.5. The fourth-order valence-corrected chi connectivity index (χ4v) is 2.66. The van der Waals surface area contributed by atoms with E-state index in [2.05, 4.69) is 20.5 Å². The molecule has 29 heavy (non-hydrogen) atoms. The van der Waals surface area contributed by atoms with Gasteiger partial charge in [-0.05, 0) is 35.5 Å². The van der Waals surface area contributed by atoms with E-state index >= 15 is 0 Å². The third-order valence-corrected chi connectivity index (χ3v) is 4.11. The molecule has 4 rings (SSSR count). The zero-order valence-corrected chi connectivity index (χ0v) is 15.3. The van der Waals surface area contributed by atoms with E-state index in [1.54, 1.807) is 24.4 Å². The van der Waals surface area contributed by atoms with Gasteiger partial charge in [-0.25, -0.2) is 13.9 Å². The lowest BCUT2D eigenvalue weighted by Gasteiger charge is -2.03. The summed E-state index contributed by atoms with van der Waals surface area (Å²) in [4.78, 5) is 13.6. The molecule has 9 heteroatoms. The molecule has 4 aromatic rings. The fraction of sp³-hybridized carbons (Fsp3) is 0.150. The van der Waals surface area contributed by atoms with E-state index in [9.17, 15) is 9.18 Å². The maximum absolute atomic E-state index is 13.0. The van der Waals surface area contributed by atoms with Crippen molar-refractivity contribution in [2.24, 2.45) is 0 Å². The fourth-order valence-electron chi connectivity index (χ4n) is 2.66. The molecule has 0 saturated heterocycles. The van der Waals surface area contributed by atoms with Gasteiger partial charge >= 0.3 is 5.97 Å². The van der Waals surface area contributed by atoms with Crippen LogP contribution in [0.3, 0.4) is 0 Å². The number of halogens is 1. The molecule has 146 valence electrons. The lowest BCUT2D eigenvalue weighted by molar-refractivity contribution is 0.0486. The monoisotopic (exact) mass is 392 g/mol. The number of hydrogen-bond donors (Lipinski definition) is 0. The van der Waals surface area contributed by atoms with Gasteiger partial charge in [0.1, 0.15) is 5.82 Å². The van der Waals surface area contributed by atoms with Gasteiger partial charge in [-0.1, -0.05) is 30.3 Å². The number of ether oxygens (including phenoxy) is 1. The Balaban J connectivity index is 1.26. The third kappa shape index (κ3) is 4.52. The van der Waals surface area contributed by atoms with E-state index in [1.807, 2.05) is 30.3 Å². The molecule has 0 spiro atoms. The molecule has 0 bridgehead atoms. The number of aromatic nitrogens is 6. The third-order valence-electron chi connectivity index (χ3n) is 4.11. The Kier molecular flexibility index (Phi) is 5.37. The van der Waals surface area contributed by atoms with Gasteiger partial charge in [0.15, 0.2) is 5.69 Å². The Morgan fingerprint density at radius 2 is 1.79 bits per heavy atom. The van der Waals surface area contributed by atoms with Crippen LogP contribution in [0.25, 0.3) is 17.1 Å². The summed E-state index contributed by atoms with van der Waals surface area (Å²) in [5, 5.41) is 16.5. The molecule has 8 nitrogen and oxygen atoms in total.